The topological polar surface area (TPSA) is 9.23 Å². The number of hydrogen-bond acceptors (Lipinski definition) is 2. The molecule has 0 fully saturated rings. The first-order valence-corrected chi connectivity index (χ1v) is 8.45. The van der Waals surface area contributed by atoms with Crippen molar-refractivity contribution in [3.05, 3.63) is 10.6 Å². The van der Waals surface area contributed by atoms with E-state index in [1.54, 1.807) is 11.8 Å². The van der Waals surface area contributed by atoms with Gasteiger partial charge in [0.05, 0.1) is 5.54 Å². The first kappa shape index (κ1) is 11.4. The van der Waals surface area contributed by atoms with Crippen LogP contribution in [-0.2, 0) is 4.43 Å². The maximum atomic E-state index is 5.66. The predicted molar refractivity (Wildman–Crippen MR) is 56.5 cm³/mol. The van der Waals surface area contributed by atoms with Crippen molar-refractivity contribution in [2.45, 2.75) is 26.6 Å². The largest absolute Gasteiger partial charge is 0.539 e. The van der Waals surface area contributed by atoms with E-state index < -0.39 is 8.32 Å². The molecule has 0 aliphatic rings. The van der Waals surface area contributed by atoms with Gasteiger partial charge in [-0.15, -0.1) is 0 Å². The van der Waals surface area contributed by atoms with Crippen molar-refractivity contribution in [2.75, 3.05) is 5.75 Å². The van der Waals surface area contributed by atoms with Gasteiger partial charge >= 0.3 is 0 Å². The highest BCUT2D eigenvalue weighted by Crippen LogP contribution is 2.22. The second-order valence-corrected chi connectivity index (χ2v) is 8.99. The maximum Gasteiger partial charge on any atom is 0.242 e. The summed E-state index contributed by atoms with van der Waals surface area (Å²) in [5.41, 5.74) is 1.52. The fourth-order valence-electron chi connectivity index (χ4n) is 0.527. The van der Waals surface area contributed by atoms with Crippen LogP contribution in [0.2, 0.25) is 19.6 Å². The number of thioether (sulfide) groups is 1. The summed E-state index contributed by atoms with van der Waals surface area (Å²) in [6.07, 6.45) is 0. The smallest absolute Gasteiger partial charge is 0.242 e. The molecule has 0 aromatic heterocycles. The second-order valence-electron chi connectivity index (χ2n) is 3.08. The van der Waals surface area contributed by atoms with Crippen molar-refractivity contribution in [2.24, 2.45) is 0 Å². The molecule has 0 spiro atoms. The molecule has 0 aliphatic heterocycles. The van der Waals surface area contributed by atoms with Crippen molar-refractivity contribution in [1.29, 1.82) is 0 Å². The summed E-state index contributed by atoms with van der Waals surface area (Å²) in [4.78, 5) is 0. The molecule has 4 heteroatoms. The van der Waals surface area contributed by atoms with Crippen LogP contribution < -0.4 is 0 Å². The van der Waals surface area contributed by atoms with Gasteiger partial charge in [0.2, 0.25) is 8.32 Å². The first-order valence-electron chi connectivity index (χ1n) is 3.62. The lowest BCUT2D eigenvalue weighted by atomic mass is 11.0. The van der Waals surface area contributed by atoms with E-state index >= 15 is 0 Å². The molecule has 0 saturated carbocycles. The van der Waals surface area contributed by atoms with E-state index in [0.29, 0.717) is 0 Å². The quantitative estimate of drug-likeness (QED) is 0.518. The Bertz CT molecular complexity index is 142. The average molecular weight is 211 g/mol. The molecular formula is C7H15ClOSSi. The van der Waals surface area contributed by atoms with Crippen LogP contribution in [0.1, 0.15) is 6.92 Å². The number of halogens is 1. The van der Waals surface area contributed by atoms with Crippen LogP contribution >= 0.6 is 23.4 Å². The zero-order valence-corrected chi connectivity index (χ0v) is 10.1. The molecule has 0 saturated heterocycles. The Labute approximate surface area is 79.3 Å². The van der Waals surface area contributed by atoms with Crippen LogP contribution in [0.5, 0.6) is 0 Å². The summed E-state index contributed by atoms with van der Waals surface area (Å²) < 4.78 is 5.66. The molecule has 66 valence electrons. The lowest BCUT2D eigenvalue weighted by molar-refractivity contribution is 0.465. The molecule has 0 aromatic rings. The summed E-state index contributed by atoms with van der Waals surface area (Å²) in [6.45, 7) is 8.51. The minimum Gasteiger partial charge on any atom is -0.539 e. The van der Waals surface area contributed by atoms with E-state index in [1.165, 1.54) is 5.54 Å². The third-order valence-electron chi connectivity index (χ3n) is 0.782. The Morgan fingerprint density at radius 3 is 2.36 bits per heavy atom. The van der Waals surface area contributed by atoms with Crippen LogP contribution in [0.4, 0.5) is 0 Å². The maximum absolute atomic E-state index is 5.66. The van der Waals surface area contributed by atoms with Gasteiger partial charge in [0, 0.05) is 0 Å². The first-order chi connectivity index (χ1) is 4.99. The molecule has 1 nitrogen and oxygen atoms in total. The Kier molecular flexibility index (Phi) is 5.30. The van der Waals surface area contributed by atoms with E-state index in [1.807, 2.05) is 0 Å². The molecule has 0 heterocycles. The van der Waals surface area contributed by atoms with Gasteiger partial charge in [0.15, 0.2) is 0 Å². The predicted octanol–water partition coefficient (Wildman–Crippen LogP) is 3.63. The molecule has 0 atom stereocenters. The SMILES string of the molecule is CCS/C(=C\Cl)O[Si](C)(C)C. The standard InChI is InChI=1S/C7H15ClOSSi/c1-5-10-7(6-8)9-11(2,3)4/h6H,5H2,1-4H3/b7-6-. The molecule has 0 unspecified atom stereocenters. The van der Waals surface area contributed by atoms with Crippen LogP contribution in [-0.4, -0.2) is 14.1 Å². The van der Waals surface area contributed by atoms with E-state index in [2.05, 4.69) is 26.6 Å². The van der Waals surface area contributed by atoms with Crippen LogP contribution in [0.15, 0.2) is 10.6 Å². The van der Waals surface area contributed by atoms with Gasteiger partial charge < -0.3 is 4.43 Å². The molecule has 0 N–H and O–H groups in total. The molecule has 0 aromatic carbocycles. The Balaban J connectivity index is 3.90. The summed E-state index contributed by atoms with van der Waals surface area (Å²) in [7, 11) is -1.45. The molecule has 0 rings (SSSR count). The van der Waals surface area contributed by atoms with Crippen molar-refractivity contribution in [3.8, 4) is 0 Å². The van der Waals surface area contributed by atoms with Gasteiger partial charge in [-0.2, -0.15) is 0 Å². The van der Waals surface area contributed by atoms with Gasteiger partial charge in [-0.25, -0.2) is 0 Å². The minimum absolute atomic E-state index is 0.855. The van der Waals surface area contributed by atoms with Gasteiger partial charge in [0.1, 0.15) is 5.09 Å². The van der Waals surface area contributed by atoms with Gasteiger partial charge in [-0.3, -0.25) is 0 Å². The molecule has 0 bridgehead atoms. The fourth-order valence-corrected chi connectivity index (χ4v) is 2.83. The normalized spacial score (nSPS) is 13.4. The van der Waals surface area contributed by atoms with Gasteiger partial charge in [0.25, 0.3) is 0 Å². The lowest BCUT2D eigenvalue weighted by Gasteiger charge is -2.20. The van der Waals surface area contributed by atoms with Gasteiger partial charge in [-0.1, -0.05) is 30.3 Å². The summed E-state index contributed by atoms with van der Waals surface area (Å²) >= 11 is 7.21. The van der Waals surface area contributed by atoms with Crippen LogP contribution in [0, 0.1) is 0 Å². The van der Waals surface area contributed by atoms with Crippen molar-refractivity contribution >= 4 is 31.7 Å². The minimum atomic E-state index is -1.45. The van der Waals surface area contributed by atoms with Crippen LogP contribution in [0.25, 0.3) is 0 Å². The highest BCUT2D eigenvalue weighted by molar-refractivity contribution is 8.02. The van der Waals surface area contributed by atoms with Gasteiger partial charge in [-0.05, 0) is 25.4 Å². The van der Waals surface area contributed by atoms with E-state index in [4.69, 9.17) is 16.0 Å². The lowest BCUT2D eigenvalue weighted by Crippen LogP contribution is -2.24. The van der Waals surface area contributed by atoms with Crippen LogP contribution in [0.3, 0.4) is 0 Å². The number of rotatable bonds is 4. The summed E-state index contributed by atoms with van der Waals surface area (Å²) in [5.74, 6) is 1.00. The molecular weight excluding hydrogens is 196 g/mol. The zero-order chi connectivity index (χ0) is 8.91. The average Bonchev–Trinajstić information content (AvgIpc) is 1.84. The molecule has 0 radical (unpaired) electrons. The molecule has 0 aliphatic carbocycles. The van der Waals surface area contributed by atoms with E-state index in [9.17, 15) is 0 Å². The zero-order valence-electron chi connectivity index (χ0n) is 7.48. The van der Waals surface area contributed by atoms with Crippen molar-refractivity contribution in [1.82, 2.24) is 0 Å². The molecule has 0 amide bonds. The van der Waals surface area contributed by atoms with E-state index in [-0.39, 0.29) is 0 Å². The monoisotopic (exact) mass is 210 g/mol. The Morgan fingerprint density at radius 1 is 1.55 bits per heavy atom. The fraction of sp³-hybridized carbons (Fsp3) is 0.714. The van der Waals surface area contributed by atoms with Crippen molar-refractivity contribution in [3.63, 3.8) is 0 Å². The third-order valence-corrected chi connectivity index (χ3v) is 2.86. The summed E-state index contributed by atoms with van der Waals surface area (Å²) in [5, 5.41) is 0.855. The Hall–Kier alpha value is 0.397. The Morgan fingerprint density at radius 2 is 2.09 bits per heavy atom. The third kappa shape index (κ3) is 6.78. The highest BCUT2D eigenvalue weighted by Gasteiger charge is 2.17. The van der Waals surface area contributed by atoms with E-state index in [0.717, 1.165) is 10.8 Å². The highest BCUT2D eigenvalue weighted by atomic mass is 35.5. The second kappa shape index (κ2) is 5.12. The molecule has 11 heavy (non-hydrogen) atoms. The number of hydrogen-bond donors (Lipinski definition) is 0. The van der Waals surface area contributed by atoms with Crippen molar-refractivity contribution < 1.29 is 4.43 Å². The summed E-state index contributed by atoms with van der Waals surface area (Å²) in [6, 6.07) is 0.